The highest BCUT2D eigenvalue weighted by atomic mass is 32.2. The molecule has 0 aliphatic rings. The van der Waals surface area contributed by atoms with E-state index in [1.807, 2.05) is 0 Å². The summed E-state index contributed by atoms with van der Waals surface area (Å²) in [5.74, 6) is 2.59. The van der Waals surface area contributed by atoms with Gasteiger partial charge in [-0.15, -0.1) is 11.5 Å². The number of hydrogen-bond acceptors (Lipinski definition) is 5. The maximum absolute atomic E-state index is 11.3. The number of nitrogens with one attached hydrogen (secondary N) is 1. The molecule has 0 aliphatic heterocycles. The summed E-state index contributed by atoms with van der Waals surface area (Å²) in [5.41, 5.74) is 0.727. The van der Waals surface area contributed by atoms with E-state index in [9.17, 15) is 9.90 Å². The summed E-state index contributed by atoms with van der Waals surface area (Å²) in [4.78, 5) is 15.5. The van der Waals surface area contributed by atoms with Crippen molar-refractivity contribution in [1.29, 1.82) is 0 Å². The van der Waals surface area contributed by atoms with Gasteiger partial charge < -0.3 is 9.84 Å². The van der Waals surface area contributed by atoms with Gasteiger partial charge in [-0.2, -0.15) is 0 Å². The highest BCUT2D eigenvalue weighted by Crippen LogP contribution is 2.26. The lowest BCUT2D eigenvalue weighted by molar-refractivity contribution is -0.131. The second-order valence-corrected chi connectivity index (χ2v) is 5.19. The minimum Gasteiger partial charge on any atom is -0.481 e. The van der Waals surface area contributed by atoms with Crippen molar-refractivity contribution in [1.82, 2.24) is 15.2 Å². The molecule has 112 valence electrons. The number of ether oxygens (including phenoxy) is 1. The Hall–Kier alpha value is -2.72. The molecule has 0 aliphatic carbocycles. The molecule has 7 heteroatoms. The maximum Gasteiger partial charge on any atom is 0.342 e. The van der Waals surface area contributed by atoms with Crippen LogP contribution in [0.2, 0.25) is 0 Å². The Balaban J connectivity index is 2.15. The van der Waals surface area contributed by atoms with Gasteiger partial charge in [-0.1, -0.05) is 18.1 Å². The maximum atomic E-state index is 11.3. The number of hydrogen-bond donors (Lipinski definition) is 2. The first kappa shape index (κ1) is 15.7. The highest BCUT2D eigenvalue weighted by Gasteiger charge is 2.12. The third-order valence-corrected chi connectivity index (χ3v) is 3.37. The molecular formula is C15H13N3O3S. The van der Waals surface area contributed by atoms with Crippen molar-refractivity contribution in [3.05, 3.63) is 40.6 Å². The standard InChI is InChI=1S/C15H13N3O3S/c1-3-8-21-12-6-4-11(5-7-12)9-13(14(19)20)22-15-16-10(2)17-18-15/h1,4-7,9H,8H2,2H3,(H,19,20)(H,16,17,18). The number of aliphatic carboxylic acids is 1. The third kappa shape index (κ3) is 4.40. The predicted molar refractivity (Wildman–Crippen MR) is 83.4 cm³/mol. The lowest BCUT2D eigenvalue weighted by Crippen LogP contribution is -1.97. The highest BCUT2D eigenvalue weighted by molar-refractivity contribution is 8.04. The monoisotopic (exact) mass is 315 g/mol. The van der Waals surface area contributed by atoms with Crippen LogP contribution in [0.25, 0.3) is 6.08 Å². The fourth-order valence-corrected chi connectivity index (χ4v) is 2.29. The second kappa shape index (κ2) is 7.33. The van der Waals surface area contributed by atoms with Crippen LogP contribution < -0.4 is 4.74 Å². The zero-order valence-corrected chi connectivity index (χ0v) is 12.6. The molecule has 1 aromatic carbocycles. The molecule has 1 heterocycles. The first-order valence-electron chi connectivity index (χ1n) is 6.26. The van der Waals surface area contributed by atoms with Crippen molar-refractivity contribution in [3.63, 3.8) is 0 Å². The summed E-state index contributed by atoms with van der Waals surface area (Å²) in [6, 6.07) is 6.95. The fourth-order valence-electron chi connectivity index (χ4n) is 1.54. The van der Waals surface area contributed by atoms with Gasteiger partial charge in [0.2, 0.25) is 5.16 Å². The number of H-pyrrole nitrogens is 1. The van der Waals surface area contributed by atoms with Gasteiger partial charge in [-0.25, -0.2) is 9.78 Å². The second-order valence-electron chi connectivity index (χ2n) is 4.18. The normalized spacial score (nSPS) is 11.0. The number of rotatable bonds is 6. The van der Waals surface area contributed by atoms with Gasteiger partial charge >= 0.3 is 5.97 Å². The van der Waals surface area contributed by atoms with Crippen molar-refractivity contribution < 1.29 is 14.6 Å². The van der Waals surface area contributed by atoms with Gasteiger partial charge in [-0.3, -0.25) is 5.10 Å². The Morgan fingerprint density at radius 2 is 2.23 bits per heavy atom. The zero-order chi connectivity index (χ0) is 15.9. The summed E-state index contributed by atoms with van der Waals surface area (Å²) in [6.45, 7) is 1.94. The molecule has 0 saturated heterocycles. The SMILES string of the molecule is C#CCOc1ccc(C=C(Sc2n[nH]c(C)n2)C(=O)O)cc1. The van der Waals surface area contributed by atoms with E-state index in [1.165, 1.54) is 0 Å². The quantitative estimate of drug-likeness (QED) is 0.483. The number of aromatic nitrogens is 3. The molecular weight excluding hydrogens is 302 g/mol. The summed E-state index contributed by atoms with van der Waals surface area (Å²) in [5, 5.41) is 16.2. The van der Waals surface area contributed by atoms with Gasteiger partial charge in [0.25, 0.3) is 0 Å². The van der Waals surface area contributed by atoms with E-state index in [0.717, 1.165) is 17.3 Å². The van der Waals surface area contributed by atoms with E-state index in [0.29, 0.717) is 16.7 Å². The van der Waals surface area contributed by atoms with Gasteiger partial charge in [0.1, 0.15) is 23.1 Å². The van der Waals surface area contributed by atoms with E-state index in [1.54, 1.807) is 37.3 Å². The Labute approximate surface area is 131 Å². The molecule has 0 unspecified atom stereocenters. The third-order valence-electron chi connectivity index (χ3n) is 2.49. The van der Waals surface area contributed by atoms with Crippen LogP contribution in [0.4, 0.5) is 0 Å². The van der Waals surface area contributed by atoms with E-state index in [-0.39, 0.29) is 11.5 Å². The number of nitrogens with zero attached hydrogens (tertiary/aromatic N) is 2. The van der Waals surface area contributed by atoms with Crippen molar-refractivity contribution in [2.45, 2.75) is 12.1 Å². The molecule has 0 radical (unpaired) electrons. The minimum absolute atomic E-state index is 0.122. The van der Waals surface area contributed by atoms with Crippen LogP contribution in [0.15, 0.2) is 34.3 Å². The van der Waals surface area contributed by atoms with Gasteiger partial charge in [0.15, 0.2) is 0 Å². The summed E-state index contributed by atoms with van der Waals surface area (Å²) >= 11 is 0.981. The molecule has 0 amide bonds. The van der Waals surface area contributed by atoms with E-state index >= 15 is 0 Å². The first-order valence-corrected chi connectivity index (χ1v) is 7.08. The van der Waals surface area contributed by atoms with Crippen LogP contribution in [0.3, 0.4) is 0 Å². The Morgan fingerprint density at radius 3 is 2.77 bits per heavy atom. The molecule has 0 bridgehead atoms. The van der Waals surface area contributed by atoms with Crippen molar-refractivity contribution >= 4 is 23.8 Å². The number of carboxylic acids is 1. The smallest absolute Gasteiger partial charge is 0.342 e. The predicted octanol–water partition coefficient (Wildman–Crippen LogP) is 2.34. The molecule has 0 fully saturated rings. The molecule has 1 aromatic heterocycles. The Kier molecular flexibility index (Phi) is 5.22. The van der Waals surface area contributed by atoms with Gasteiger partial charge in [0, 0.05) is 0 Å². The largest absolute Gasteiger partial charge is 0.481 e. The molecule has 22 heavy (non-hydrogen) atoms. The number of carbonyl (C=O) groups is 1. The minimum atomic E-state index is -1.04. The number of thioether (sulfide) groups is 1. The average Bonchev–Trinajstić information content (AvgIpc) is 2.91. The van der Waals surface area contributed by atoms with Crippen LogP contribution in [0.1, 0.15) is 11.4 Å². The van der Waals surface area contributed by atoms with E-state index in [2.05, 4.69) is 21.1 Å². The summed E-state index contributed by atoms with van der Waals surface area (Å²) in [7, 11) is 0. The fraction of sp³-hybridized carbons (Fsp3) is 0.133. The van der Waals surface area contributed by atoms with E-state index < -0.39 is 5.97 Å². The van der Waals surface area contributed by atoms with Gasteiger partial charge in [0.05, 0.1) is 0 Å². The van der Waals surface area contributed by atoms with Crippen LogP contribution in [-0.4, -0.2) is 32.9 Å². The van der Waals surface area contributed by atoms with Gasteiger partial charge in [-0.05, 0) is 42.5 Å². The summed E-state index contributed by atoms with van der Waals surface area (Å²) in [6.07, 6.45) is 6.66. The number of carboxylic acid groups (broad SMARTS) is 1. The molecule has 0 atom stereocenters. The van der Waals surface area contributed by atoms with E-state index in [4.69, 9.17) is 11.2 Å². The molecule has 0 saturated carbocycles. The molecule has 2 rings (SSSR count). The Bertz CT molecular complexity index is 729. The van der Waals surface area contributed by atoms with Crippen LogP contribution in [0.5, 0.6) is 5.75 Å². The zero-order valence-electron chi connectivity index (χ0n) is 11.7. The molecule has 2 aromatic rings. The van der Waals surface area contributed by atoms with Crippen molar-refractivity contribution in [2.75, 3.05) is 6.61 Å². The number of aromatic amines is 1. The Morgan fingerprint density at radius 1 is 1.50 bits per heavy atom. The number of aryl methyl sites for hydroxylation is 1. The molecule has 0 spiro atoms. The van der Waals surface area contributed by atoms with Crippen LogP contribution in [-0.2, 0) is 4.79 Å². The van der Waals surface area contributed by atoms with Crippen LogP contribution in [0, 0.1) is 19.3 Å². The lowest BCUT2D eigenvalue weighted by atomic mass is 10.2. The number of benzene rings is 1. The van der Waals surface area contributed by atoms with Crippen LogP contribution >= 0.6 is 11.8 Å². The lowest BCUT2D eigenvalue weighted by Gasteiger charge is -2.03. The first-order chi connectivity index (χ1) is 10.6. The van der Waals surface area contributed by atoms with Crippen molar-refractivity contribution in [2.24, 2.45) is 0 Å². The topological polar surface area (TPSA) is 88.1 Å². The summed E-state index contributed by atoms with van der Waals surface area (Å²) < 4.78 is 5.26. The molecule has 2 N–H and O–H groups in total. The number of terminal acetylenes is 1. The van der Waals surface area contributed by atoms with Crippen molar-refractivity contribution in [3.8, 4) is 18.1 Å². The molecule has 6 nitrogen and oxygen atoms in total. The average molecular weight is 315 g/mol.